The fraction of sp³-hybridized carbons (Fsp3) is 0.357. The van der Waals surface area contributed by atoms with Crippen LogP contribution in [-0.2, 0) is 0 Å². The molecule has 1 aromatic heterocycles. The summed E-state index contributed by atoms with van der Waals surface area (Å²) in [4.78, 5) is 12.4. The zero-order chi connectivity index (χ0) is 13.8. The van der Waals surface area contributed by atoms with Crippen LogP contribution in [0.15, 0.2) is 18.2 Å². The van der Waals surface area contributed by atoms with Gasteiger partial charge in [-0.3, -0.25) is 0 Å². The van der Waals surface area contributed by atoms with Gasteiger partial charge in [-0.15, -0.1) is 0 Å². The summed E-state index contributed by atoms with van der Waals surface area (Å²) < 4.78 is 5.42. The lowest BCUT2D eigenvalue weighted by Crippen LogP contribution is -2.03. The Hall–Kier alpha value is -1.68. The zero-order valence-electron chi connectivity index (χ0n) is 11.3. The second kappa shape index (κ2) is 5.97. The fourth-order valence-electron chi connectivity index (χ4n) is 1.77. The van der Waals surface area contributed by atoms with Gasteiger partial charge in [0.05, 0.1) is 6.61 Å². The maximum absolute atomic E-state index is 5.92. The molecule has 0 saturated carbocycles. The first-order valence-electron chi connectivity index (χ1n) is 6.22. The molecule has 4 nitrogen and oxygen atoms in total. The second-order valence-electron chi connectivity index (χ2n) is 4.38. The normalized spacial score (nSPS) is 10.5. The van der Waals surface area contributed by atoms with Gasteiger partial charge >= 0.3 is 6.01 Å². The second-order valence-corrected chi connectivity index (χ2v) is 4.72. The highest BCUT2D eigenvalue weighted by Crippen LogP contribution is 2.23. The molecular weight excluding hydrogens is 262 g/mol. The van der Waals surface area contributed by atoms with Crippen molar-refractivity contribution < 1.29 is 4.74 Å². The number of ether oxygens (including phenoxy) is 1. The highest BCUT2D eigenvalue weighted by Gasteiger charge is 2.10. The number of hydrogen-bond donors (Lipinski definition) is 0. The summed E-state index contributed by atoms with van der Waals surface area (Å²) in [6.45, 7) is 6.65. The van der Waals surface area contributed by atoms with E-state index in [1.165, 1.54) is 5.56 Å². The molecule has 0 atom stereocenters. The standard InChI is InChI=1S/C14H16ClN3O/c1-4-7-19-14-17-12(16-13(15)18-14)11-6-5-9(2)8-10(11)3/h5-6,8H,4,7H2,1-3H3. The Balaban J connectivity index is 2.41. The predicted octanol–water partition coefficient (Wildman–Crippen LogP) is 3.60. The van der Waals surface area contributed by atoms with Crippen molar-refractivity contribution in [1.29, 1.82) is 0 Å². The summed E-state index contributed by atoms with van der Waals surface area (Å²) in [6, 6.07) is 6.36. The van der Waals surface area contributed by atoms with Gasteiger partial charge in [-0.2, -0.15) is 15.0 Å². The Kier molecular flexibility index (Phi) is 4.32. The number of rotatable bonds is 4. The van der Waals surface area contributed by atoms with Crippen LogP contribution in [0.3, 0.4) is 0 Å². The molecule has 19 heavy (non-hydrogen) atoms. The molecule has 2 rings (SSSR count). The first-order chi connectivity index (χ1) is 9.10. The number of aromatic nitrogens is 3. The van der Waals surface area contributed by atoms with Crippen LogP contribution >= 0.6 is 11.6 Å². The largest absolute Gasteiger partial charge is 0.463 e. The maximum atomic E-state index is 5.92. The Bertz CT molecular complexity index is 587. The van der Waals surface area contributed by atoms with Gasteiger partial charge in [-0.25, -0.2) is 0 Å². The van der Waals surface area contributed by atoms with Crippen molar-refractivity contribution in [2.45, 2.75) is 27.2 Å². The van der Waals surface area contributed by atoms with E-state index in [1.54, 1.807) is 0 Å². The van der Waals surface area contributed by atoms with Crippen molar-refractivity contribution in [1.82, 2.24) is 15.0 Å². The predicted molar refractivity (Wildman–Crippen MR) is 75.5 cm³/mol. The van der Waals surface area contributed by atoms with Crippen molar-refractivity contribution in [2.75, 3.05) is 6.61 Å². The molecule has 0 spiro atoms. The lowest BCUT2D eigenvalue weighted by Gasteiger charge is -2.08. The summed E-state index contributed by atoms with van der Waals surface area (Å²) in [5, 5.41) is 0.149. The third-order valence-electron chi connectivity index (χ3n) is 2.65. The van der Waals surface area contributed by atoms with Crippen molar-refractivity contribution >= 4 is 11.6 Å². The highest BCUT2D eigenvalue weighted by atomic mass is 35.5. The molecule has 0 aliphatic carbocycles. The lowest BCUT2D eigenvalue weighted by atomic mass is 10.1. The molecule has 0 unspecified atom stereocenters. The molecule has 1 aromatic carbocycles. The van der Waals surface area contributed by atoms with Crippen LogP contribution in [0.4, 0.5) is 0 Å². The molecule has 0 aliphatic rings. The zero-order valence-corrected chi connectivity index (χ0v) is 12.0. The van der Waals surface area contributed by atoms with Gasteiger partial charge in [0.25, 0.3) is 0 Å². The van der Waals surface area contributed by atoms with Crippen LogP contribution in [0.2, 0.25) is 5.28 Å². The van der Waals surface area contributed by atoms with E-state index >= 15 is 0 Å². The molecule has 0 aliphatic heterocycles. The average molecular weight is 278 g/mol. The number of aryl methyl sites for hydroxylation is 2. The van der Waals surface area contributed by atoms with Crippen molar-refractivity contribution in [3.8, 4) is 17.4 Å². The monoisotopic (exact) mass is 277 g/mol. The van der Waals surface area contributed by atoms with E-state index in [0.29, 0.717) is 12.4 Å². The smallest absolute Gasteiger partial charge is 0.321 e. The van der Waals surface area contributed by atoms with Crippen LogP contribution in [0.25, 0.3) is 11.4 Å². The number of nitrogens with zero attached hydrogens (tertiary/aromatic N) is 3. The van der Waals surface area contributed by atoms with Crippen LogP contribution in [0, 0.1) is 13.8 Å². The first kappa shape index (κ1) is 13.7. The maximum Gasteiger partial charge on any atom is 0.321 e. The van der Waals surface area contributed by atoms with Gasteiger partial charge in [0.15, 0.2) is 5.82 Å². The minimum atomic E-state index is 0.149. The van der Waals surface area contributed by atoms with Gasteiger partial charge in [0, 0.05) is 5.56 Å². The third-order valence-corrected chi connectivity index (χ3v) is 2.81. The topological polar surface area (TPSA) is 47.9 Å². The fourth-order valence-corrected chi connectivity index (χ4v) is 1.93. The minimum absolute atomic E-state index is 0.149. The number of hydrogen-bond acceptors (Lipinski definition) is 4. The van der Waals surface area contributed by atoms with Crippen LogP contribution in [-0.4, -0.2) is 21.6 Å². The number of benzene rings is 1. The van der Waals surface area contributed by atoms with E-state index in [9.17, 15) is 0 Å². The van der Waals surface area contributed by atoms with E-state index in [4.69, 9.17) is 16.3 Å². The first-order valence-corrected chi connectivity index (χ1v) is 6.60. The van der Waals surface area contributed by atoms with Gasteiger partial charge < -0.3 is 4.74 Å². The van der Waals surface area contributed by atoms with Gasteiger partial charge in [0.1, 0.15) is 0 Å². The Labute approximate surface area is 117 Å². The molecule has 1 heterocycles. The molecule has 0 amide bonds. The highest BCUT2D eigenvalue weighted by molar-refractivity contribution is 6.28. The Morgan fingerprint density at radius 2 is 1.95 bits per heavy atom. The van der Waals surface area contributed by atoms with Crippen molar-refractivity contribution in [3.63, 3.8) is 0 Å². The molecule has 2 aromatic rings. The summed E-state index contributed by atoms with van der Waals surface area (Å²) in [5.74, 6) is 0.545. The molecule has 0 fully saturated rings. The number of halogens is 1. The summed E-state index contributed by atoms with van der Waals surface area (Å²) in [7, 11) is 0. The molecule has 0 saturated heterocycles. The quantitative estimate of drug-likeness (QED) is 0.857. The van der Waals surface area contributed by atoms with E-state index in [2.05, 4.69) is 21.0 Å². The third kappa shape index (κ3) is 3.41. The van der Waals surface area contributed by atoms with Gasteiger partial charge in [-0.1, -0.05) is 30.7 Å². The molecule has 5 heteroatoms. The molecule has 0 bridgehead atoms. The SMILES string of the molecule is CCCOc1nc(Cl)nc(-c2ccc(C)cc2C)n1. The van der Waals surface area contributed by atoms with E-state index in [-0.39, 0.29) is 11.3 Å². The summed E-state index contributed by atoms with van der Waals surface area (Å²) in [5.41, 5.74) is 3.24. The Morgan fingerprint density at radius 3 is 2.63 bits per heavy atom. The molecular formula is C14H16ClN3O. The van der Waals surface area contributed by atoms with Crippen molar-refractivity contribution in [3.05, 3.63) is 34.6 Å². The average Bonchev–Trinajstić information content (AvgIpc) is 2.35. The van der Waals surface area contributed by atoms with Gasteiger partial charge in [-0.05, 0) is 37.4 Å². The van der Waals surface area contributed by atoms with E-state index in [1.807, 2.05) is 32.9 Å². The van der Waals surface area contributed by atoms with Crippen LogP contribution in [0.1, 0.15) is 24.5 Å². The van der Waals surface area contributed by atoms with Crippen LogP contribution in [0.5, 0.6) is 6.01 Å². The molecule has 0 N–H and O–H groups in total. The Morgan fingerprint density at radius 1 is 1.16 bits per heavy atom. The van der Waals surface area contributed by atoms with E-state index in [0.717, 1.165) is 17.5 Å². The summed E-state index contributed by atoms with van der Waals surface area (Å²) in [6.07, 6.45) is 0.891. The van der Waals surface area contributed by atoms with E-state index < -0.39 is 0 Å². The molecule has 100 valence electrons. The van der Waals surface area contributed by atoms with Gasteiger partial charge in [0.2, 0.25) is 5.28 Å². The minimum Gasteiger partial charge on any atom is -0.463 e. The molecule has 0 radical (unpaired) electrons. The summed E-state index contributed by atoms with van der Waals surface area (Å²) >= 11 is 5.92. The van der Waals surface area contributed by atoms with Crippen molar-refractivity contribution in [2.24, 2.45) is 0 Å². The van der Waals surface area contributed by atoms with Crippen LogP contribution < -0.4 is 4.74 Å². The lowest BCUT2D eigenvalue weighted by molar-refractivity contribution is 0.291.